The number of ketones is 2. The zero-order valence-electron chi connectivity index (χ0n) is 17.5. The quantitative estimate of drug-likeness (QED) is 0.706. The van der Waals surface area contributed by atoms with Gasteiger partial charge in [0.1, 0.15) is 17.5 Å². The van der Waals surface area contributed by atoms with Gasteiger partial charge in [-0.15, -0.1) is 0 Å². The van der Waals surface area contributed by atoms with E-state index in [1.807, 2.05) is 26.0 Å². The maximum Gasteiger partial charge on any atom is 0.234 e. The van der Waals surface area contributed by atoms with Crippen molar-refractivity contribution < 1.29 is 33.6 Å². The smallest absolute Gasteiger partial charge is 0.234 e. The molecule has 0 radical (unpaired) electrons. The SMILES string of the molecule is CC1(C)OC(O)C(C2CC3C4=C(OC(C)(C)C3CO2)c2ccccc2C(=O)C4=O)O1. The van der Waals surface area contributed by atoms with Crippen LogP contribution in [-0.2, 0) is 23.7 Å². The van der Waals surface area contributed by atoms with Crippen LogP contribution in [0.25, 0.3) is 5.76 Å². The summed E-state index contributed by atoms with van der Waals surface area (Å²) in [5, 5.41) is 10.3. The van der Waals surface area contributed by atoms with Gasteiger partial charge in [-0.05, 0) is 34.1 Å². The average molecular weight is 414 g/mol. The molecule has 5 atom stereocenters. The van der Waals surface area contributed by atoms with E-state index in [1.165, 1.54) is 0 Å². The lowest BCUT2D eigenvalue weighted by molar-refractivity contribution is -0.182. The van der Waals surface area contributed by atoms with E-state index in [2.05, 4.69) is 0 Å². The van der Waals surface area contributed by atoms with E-state index in [-0.39, 0.29) is 11.8 Å². The van der Waals surface area contributed by atoms with Crippen LogP contribution in [0.2, 0.25) is 0 Å². The molecular weight excluding hydrogens is 388 g/mol. The van der Waals surface area contributed by atoms with Crippen molar-refractivity contribution in [3.05, 3.63) is 41.0 Å². The average Bonchev–Trinajstić information content (AvgIpc) is 2.97. The third-order valence-electron chi connectivity index (χ3n) is 6.67. The number of carbonyl (C=O) groups excluding carboxylic acids is 2. The van der Waals surface area contributed by atoms with Gasteiger partial charge in [-0.1, -0.05) is 24.3 Å². The summed E-state index contributed by atoms with van der Waals surface area (Å²) in [6.45, 7) is 7.76. The highest BCUT2D eigenvalue weighted by Gasteiger charge is 2.55. The van der Waals surface area contributed by atoms with E-state index in [9.17, 15) is 14.7 Å². The number of allylic oxidation sites excluding steroid dienone is 1. The van der Waals surface area contributed by atoms with E-state index >= 15 is 0 Å². The van der Waals surface area contributed by atoms with E-state index in [1.54, 1.807) is 26.0 Å². The molecule has 2 fully saturated rings. The normalized spacial score (nSPS) is 36.6. The highest BCUT2D eigenvalue weighted by Crippen LogP contribution is 2.51. The standard InChI is InChI=1S/C23H26O7/c1-22(2)14-10-27-15(20-21(26)30-23(3,4)29-20)9-13(14)16-18(25)17(24)11-7-5-6-8-12(11)19(16)28-22/h5-8,13-15,20-21,26H,9-10H2,1-4H3. The summed E-state index contributed by atoms with van der Waals surface area (Å²) in [4.78, 5) is 26.0. The molecule has 0 spiro atoms. The van der Waals surface area contributed by atoms with Crippen molar-refractivity contribution >= 4 is 17.3 Å². The molecular formula is C23H26O7. The Labute approximate surface area is 174 Å². The summed E-state index contributed by atoms with van der Waals surface area (Å²) in [6, 6.07) is 7.07. The zero-order valence-corrected chi connectivity index (χ0v) is 17.5. The second-order valence-corrected chi connectivity index (χ2v) is 9.46. The lowest BCUT2D eigenvalue weighted by atomic mass is 9.66. The molecule has 1 N–H and O–H groups in total. The Kier molecular flexibility index (Phi) is 4.29. The molecule has 0 amide bonds. The molecule has 1 aromatic carbocycles. The van der Waals surface area contributed by atoms with Crippen molar-refractivity contribution in [1.82, 2.24) is 0 Å². The molecule has 1 aliphatic carbocycles. The van der Waals surface area contributed by atoms with E-state index < -0.39 is 41.5 Å². The number of ether oxygens (including phenoxy) is 4. The molecule has 1 aromatic rings. The number of aliphatic hydroxyl groups excluding tert-OH is 1. The largest absolute Gasteiger partial charge is 0.486 e. The number of rotatable bonds is 1. The number of hydrogen-bond donors (Lipinski definition) is 1. The summed E-state index contributed by atoms with van der Waals surface area (Å²) in [6.07, 6.45) is -1.82. The van der Waals surface area contributed by atoms with Crippen LogP contribution in [0.15, 0.2) is 29.8 Å². The minimum Gasteiger partial charge on any atom is -0.486 e. The maximum atomic E-state index is 13.2. The molecule has 5 unspecified atom stereocenters. The molecule has 0 saturated carbocycles. The van der Waals surface area contributed by atoms with Crippen LogP contribution in [0.5, 0.6) is 0 Å². The third-order valence-corrected chi connectivity index (χ3v) is 6.67. The summed E-state index contributed by atoms with van der Waals surface area (Å²) < 4.78 is 23.8. The van der Waals surface area contributed by atoms with E-state index in [4.69, 9.17) is 18.9 Å². The van der Waals surface area contributed by atoms with E-state index in [0.717, 1.165) is 0 Å². The second-order valence-electron chi connectivity index (χ2n) is 9.46. The lowest BCUT2D eigenvalue weighted by Gasteiger charge is -2.50. The fourth-order valence-corrected chi connectivity index (χ4v) is 5.25. The van der Waals surface area contributed by atoms with Crippen LogP contribution >= 0.6 is 0 Å². The molecule has 0 bridgehead atoms. The Hall–Kier alpha value is -2.06. The van der Waals surface area contributed by atoms with Crippen LogP contribution in [-0.4, -0.2) is 53.2 Å². The summed E-state index contributed by atoms with van der Waals surface area (Å²) >= 11 is 0. The number of benzene rings is 1. The summed E-state index contributed by atoms with van der Waals surface area (Å²) in [5.41, 5.74) is 0.869. The van der Waals surface area contributed by atoms with Crippen molar-refractivity contribution in [2.75, 3.05) is 6.61 Å². The molecule has 3 heterocycles. The van der Waals surface area contributed by atoms with Gasteiger partial charge in [0.25, 0.3) is 0 Å². The minimum absolute atomic E-state index is 0.109. The maximum absolute atomic E-state index is 13.2. The van der Waals surface area contributed by atoms with Crippen LogP contribution in [0.4, 0.5) is 0 Å². The van der Waals surface area contributed by atoms with Crippen molar-refractivity contribution in [1.29, 1.82) is 0 Å². The Balaban J connectivity index is 1.56. The first-order chi connectivity index (χ1) is 14.1. The Bertz CT molecular complexity index is 960. The number of fused-ring (bicyclic) bond motifs is 4. The fraction of sp³-hybridized carbons (Fsp3) is 0.565. The predicted molar refractivity (Wildman–Crippen MR) is 105 cm³/mol. The number of aliphatic hydroxyl groups is 1. The Morgan fingerprint density at radius 3 is 2.37 bits per heavy atom. The molecule has 160 valence electrons. The summed E-state index contributed by atoms with van der Waals surface area (Å²) in [5.74, 6) is -1.80. The van der Waals surface area contributed by atoms with Gasteiger partial charge in [0.15, 0.2) is 12.1 Å². The van der Waals surface area contributed by atoms with Crippen molar-refractivity contribution in [3.8, 4) is 0 Å². The molecule has 3 aliphatic heterocycles. The van der Waals surface area contributed by atoms with Gasteiger partial charge in [0.2, 0.25) is 11.6 Å². The minimum atomic E-state index is -1.12. The number of carbonyl (C=O) groups is 2. The fourth-order valence-electron chi connectivity index (χ4n) is 5.25. The first kappa shape index (κ1) is 19.9. The molecule has 4 aliphatic rings. The van der Waals surface area contributed by atoms with Gasteiger partial charge in [-0.2, -0.15) is 0 Å². The molecule has 30 heavy (non-hydrogen) atoms. The van der Waals surface area contributed by atoms with Crippen LogP contribution < -0.4 is 0 Å². The van der Waals surface area contributed by atoms with Gasteiger partial charge in [0, 0.05) is 23.0 Å². The van der Waals surface area contributed by atoms with Gasteiger partial charge < -0.3 is 24.1 Å². The second kappa shape index (κ2) is 6.47. The highest BCUT2D eigenvalue weighted by molar-refractivity contribution is 6.52. The lowest BCUT2D eigenvalue weighted by Crippen LogP contribution is -2.55. The molecule has 2 saturated heterocycles. The van der Waals surface area contributed by atoms with Crippen molar-refractivity contribution in [3.63, 3.8) is 0 Å². The Morgan fingerprint density at radius 2 is 1.70 bits per heavy atom. The molecule has 0 aromatic heterocycles. The predicted octanol–water partition coefficient (Wildman–Crippen LogP) is 2.46. The van der Waals surface area contributed by atoms with Gasteiger partial charge >= 0.3 is 0 Å². The zero-order chi connectivity index (χ0) is 21.4. The van der Waals surface area contributed by atoms with Gasteiger partial charge in [-0.3, -0.25) is 9.59 Å². The first-order valence-corrected chi connectivity index (χ1v) is 10.4. The molecule has 7 heteroatoms. The summed E-state index contributed by atoms with van der Waals surface area (Å²) in [7, 11) is 0. The van der Waals surface area contributed by atoms with Crippen molar-refractivity contribution in [2.45, 2.75) is 64.0 Å². The third kappa shape index (κ3) is 2.87. The van der Waals surface area contributed by atoms with Crippen LogP contribution in [0.3, 0.4) is 0 Å². The Morgan fingerprint density at radius 1 is 1.00 bits per heavy atom. The number of Topliss-reactive ketones (excluding diaryl/α,β-unsaturated/α-hetero) is 2. The van der Waals surface area contributed by atoms with Crippen molar-refractivity contribution in [2.24, 2.45) is 11.8 Å². The molecule has 5 rings (SSSR count). The molecule has 7 nitrogen and oxygen atoms in total. The first-order valence-electron chi connectivity index (χ1n) is 10.4. The van der Waals surface area contributed by atoms with Crippen LogP contribution in [0.1, 0.15) is 50.0 Å². The van der Waals surface area contributed by atoms with Gasteiger partial charge in [-0.25, -0.2) is 0 Å². The van der Waals surface area contributed by atoms with Crippen LogP contribution in [0, 0.1) is 11.8 Å². The monoisotopic (exact) mass is 414 g/mol. The number of hydrogen-bond acceptors (Lipinski definition) is 7. The van der Waals surface area contributed by atoms with Gasteiger partial charge in [0.05, 0.1) is 18.3 Å². The highest BCUT2D eigenvalue weighted by atomic mass is 16.8. The topological polar surface area (TPSA) is 91.3 Å². The van der Waals surface area contributed by atoms with E-state index in [0.29, 0.717) is 35.5 Å².